The van der Waals surface area contributed by atoms with Gasteiger partial charge in [-0.25, -0.2) is 4.98 Å². The smallest absolute Gasteiger partial charge is 0.149 e. The van der Waals surface area contributed by atoms with Crippen molar-refractivity contribution >= 4 is 22.7 Å². The van der Waals surface area contributed by atoms with Crippen LogP contribution in [-0.4, -0.2) is 14.5 Å². The van der Waals surface area contributed by atoms with Crippen molar-refractivity contribution in [2.75, 3.05) is 0 Å². The quantitative estimate of drug-likeness (QED) is 0.506. The number of hydrogen-bond donors (Lipinski definition) is 1. The first-order valence-corrected chi connectivity index (χ1v) is 8.88. The Morgan fingerprint density at radius 3 is 2.70 bits per heavy atom. The maximum absolute atomic E-state index is 9.71. The van der Waals surface area contributed by atoms with E-state index >= 15 is 0 Å². The molecular formula is C23H20N4. The van der Waals surface area contributed by atoms with E-state index in [0.717, 1.165) is 28.0 Å². The summed E-state index contributed by atoms with van der Waals surface area (Å²) in [6.07, 6.45) is 3.88. The van der Waals surface area contributed by atoms with Gasteiger partial charge in [0.15, 0.2) is 0 Å². The number of nitrogens with one attached hydrogen (secondary N) is 1. The van der Waals surface area contributed by atoms with Crippen LogP contribution < -0.4 is 0 Å². The summed E-state index contributed by atoms with van der Waals surface area (Å²) in [6, 6.07) is 18.7. The molecular weight excluding hydrogens is 332 g/mol. The van der Waals surface area contributed by atoms with Crippen molar-refractivity contribution < 1.29 is 0 Å². The average Bonchev–Trinajstić information content (AvgIpc) is 3.28. The van der Waals surface area contributed by atoms with Crippen LogP contribution in [0.25, 0.3) is 28.4 Å². The van der Waals surface area contributed by atoms with Gasteiger partial charge in [0.1, 0.15) is 11.9 Å². The molecule has 0 aliphatic heterocycles. The van der Waals surface area contributed by atoms with Crippen LogP contribution in [0.2, 0.25) is 0 Å². The minimum atomic E-state index is 0.507. The number of fused-ring (bicyclic) bond motifs is 1. The minimum Gasteiger partial charge on any atom is -0.337 e. The molecule has 0 unspecified atom stereocenters. The Balaban J connectivity index is 1.78. The third-order valence-corrected chi connectivity index (χ3v) is 4.85. The first kappa shape index (κ1) is 16.9. The number of imidazole rings is 1. The molecule has 2 heterocycles. The molecule has 4 aromatic rings. The van der Waals surface area contributed by atoms with Crippen LogP contribution in [0.15, 0.2) is 54.7 Å². The third-order valence-electron chi connectivity index (χ3n) is 4.85. The van der Waals surface area contributed by atoms with Gasteiger partial charge < -0.3 is 9.55 Å². The van der Waals surface area contributed by atoms with Gasteiger partial charge in [0.25, 0.3) is 0 Å². The lowest BCUT2D eigenvalue weighted by molar-refractivity contribution is 1.05. The fraction of sp³-hybridized carbons (Fsp3) is 0.130. The Morgan fingerprint density at radius 1 is 1.07 bits per heavy atom. The minimum absolute atomic E-state index is 0.507. The lowest BCUT2D eigenvalue weighted by Crippen LogP contribution is -1.97. The van der Waals surface area contributed by atoms with E-state index in [1.165, 1.54) is 11.1 Å². The molecule has 1 N–H and O–H groups in total. The van der Waals surface area contributed by atoms with Crippen molar-refractivity contribution in [1.82, 2.24) is 14.5 Å². The van der Waals surface area contributed by atoms with Crippen LogP contribution in [-0.2, 0) is 0 Å². The van der Waals surface area contributed by atoms with E-state index in [1.807, 2.05) is 49.5 Å². The summed E-state index contributed by atoms with van der Waals surface area (Å²) >= 11 is 0. The van der Waals surface area contributed by atoms with E-state index < -0.39 is 0 Å². The second-order valence-electron chi connectivity index (χ2n) is 6.85. The summed E-state index contributed by atoms with van der Waals surface area (Å²) in [5, 5.41) is 9.71. The Bertz CT molecular complexity index is 1210. The van der Waals surface area contributed by atoms with E-state index in [4.69, 9.17) is 0 Å². The van der Waals surface area contributed by atoms with Gasteiger partial charge in [-0.2, -0.15) is 5.26 Å². The highest BCUT2D eigenvalue weighted by molar-refractivity contribution is 5.90. The van der Waals surface area contributed by atoms with Crippen LogP contribution >= 0.6 is 0 Å². The summed E-state index contributed by atoms with van der Waals surface area (Å²) in [7, 11) is 0. The zero-order valence-electron chi connectivity index (χ0n) is 15.6. The number of benzene rings is 2. The van der Waals surface area contributed by atoms with Gasteiger partial charge in [-0.3, -0.25) is 0 Å². The molecule has 0 bridgehead atoms. The van der Waals surface area contributed by atoms with Crippen molar-refractivity contribution in [3.8, 4) is 11.8 Å². The highest BCUT2D eigenvalue weighted by Gasteiger charge is 2.10. The zero-order valence-corrected chi connectivity index (χ0v) is 15.6. The Kier molecular flexibility index (Phi) is 4.13. The number of nitriles is 1. The first-order valence-electron chi connectivity index (χ1n) is 8.88. The third kappa shape index (κ3) is 3.16. The number of H-pyrrole nitrogens is 1. The van der Waals surface area contributed by atoms with E-state index in [1.54, 1.807) is 0 Å². The molecule has 4 rings (SSSR count). The van der Waals surface area contributed by atoms with Gasteiger partial charge in [-0.05, 0) is 79.9 Å². The maximum Gasteiger partial charge on any atom is 0.149 e. The summed E-state index contributed by atoms with van der Waals surface area (Å²) < 4.78 is 2.08. The molecule has 0 atom stereocenters. The van der Waals surface area contributed by atoms with Crippen molar-refractivity contribution in [1.29, 1.82) is 5.26 Å². The monoisotopic (exact) mass is 352 g/mol. The van der Waals surface area contributed by atoms with Gasteiger partial charge >= 0.3 is 0 Å². The molecule has 4 heteroatoms. The number of hydrogen-bond acceptors (Lipinski definition) is 2. The molecule has 0 aliphatic rings. The fourth-order valence-electron chi connectivity index (χ4n) is 3.17. The number of aromatic nitrogens is 3. The van der Waals surface area contributed by atoms with Gasteiger partial charge in [-0.1, -0.05) is 12.1 Å². The standard InChI is InChI=1S/C23H20N4/c1-15-6-9-21-22(11-15)26-23(25-21)18(14-24)13-19-5-4-10-27(19)20-8-7-16(2)17(3)12-20/h4-13H,1-3H3,(H,25,26). The first-order chi connectivity index (χ1) is 13.0. The molecule has 0 spiro atoms. The SMILES string of the molecule is Cc1ccc2nc(C(C#N)=Cc3cccn3-c3ccc(C)c(C)c3)[nH]c2c1. The predicted octanol–water partition coefficient (Wildman–Crippen LogP) is 5.34. The second-order valence-corrected chi connectivity index (χ2v) is 6.85. The van der Waals surface area contributed by atoms with E-state index in [0.29, 0.717) is 11.4 Å². The number of rotatable bonds is 3. The topological polar surface area (TPSA) is 57.4 Å². The zero-order chi connectivity index (χ0) is 19.0. The average molecular weight is 352 g/mol. The number of aryl methyl sites for hydroxylation is 3. The second kappa shape index (κ2) is 6.62. The van der Waals surface area contributed by atoms with E-state index in [-0.39, 0.29) is 0 Å². The normalized spacial score (nSPS) is 11.7. The van der Waals surface area contributed by atoms with Crippen LogP contribution in [0.3, 0.4) is 0 Å². The maximum atomic E-state index is 9.71. The van der Waals surface area contributed by atoms with Gasteiger partial charge in [0.05, 0.1) is 16.6 Å². The van der Waals surface area contributed by atoms with Gasteiger partial charge in [-0.15, -0.1) is 0 Å². The van der Waals surface area contributed by atoms with Gasteiger partial charge in [0, 0.05) is 17.6 Å². The highest BCUT2D eigenvalue weighted by Crippen LogP contribution is 2.23. The summed E-state index contributed by atoms with van der Waals surface area (Å²) in [5.41, 5.74) is 7.98. The van der Waals surface area contributed by atoms with E-state index in [9.17, 15) is 5.26 Å². The van der Waals surface area contributed by atoms with Gasteiger partial charge in [0.2, 0.25) is 0 Å². The molecule has 27 heavy (non-hydrogen) atoms. The predicted molar refractivity (Wildman–Crippen MR) is 110 cm³/mol. The Hall–Kier alpha value is -3.58. The van der Waals surface area contributed by atoms with Crippen LogP contribution in [0.1, 0.15) is 28.2 Å². The van der Waals surface area contributed by atoms with Crippen molar-refractivity contribution in [2.24, 2.45) is 0 Å². The Labute approximate surface area is 158 Å². The van der Waals surface area contributed by atoms with Crippen molar-refractivity contribution in [3.63, 3.8) is 0 Å². The van der Waals surface area contributed by atoms with Crippen LogP contribution in [0.4, 0.5) is 0 Å². The molecule has 0 saturated carbocycles. The number of allylic oxidation sites excluding steroid dienone is 1. The van der Waals surface area contributed by atoms with Crippen molar-refractivity contribution in [2.45, 2.75) is 20.8 Å². The van der Waals surface area contributed by atoms with E-state index in [2.05, 4.69) is 52.7 Å². The molecule has 0 saturated heterocycles. The summed E-state index contributed by atoms with van der Waals surface area (Å²) in [5.74, 6) is 0.589. The Morgan fingerprint density at radius 2 is 1.93 bits per heavy atom. The molecule has 0 radical (unpaired) electrons. The summed E-state index contributed by atoms with van der Waals surface area (Å²) in [6.45, 7) is 6.25. The number of nitrogens with zero attached hydrogens (tertiary/aromatic N) is 3. The lowest BCUT2D eigenvalue weighted by atomic mass is 10.1. The molecule has 2 aromatic carbocycles. The van der Waals surface area contributed by atoms with Crippen molar-refractivity contribution in [3.05, 3.63) is 82.9 Å². The fourth-order valence-corrected chi connectivity index (χ4v) is 3.17. The van der Waals surface area contributed by atoms with Crippen LogP contribution in [0, 0.1) is 32.1 Å². The summed E-state index contributed by atoms with van der Waals surface area (Å²) in [4.78, 5) is 7.84. The molecule has 2 aromatic heterocycles. The molecule has 4 nitrogen and oxygen atoms in total. The number of aromatic amines is 1. The molecule has 0 aliphatic carbocycles. The molecule has 0 amide bonds. The molecule has 0 fully saturated rings. The molecule has 132 valence electrons. The largest absolute Gasteiger partial charge is 0.337 e. The lowest BCUT2D eigenvalue weighted by Gasteiger charge is -2.09. The highest BCUT2D eigenvalue weighted by atomic mass is 15.0. The van der Waals surface area contributed by atoms with Crippen LogP contribution in [0.5, 0.6) is 0 Å².